The summed E-state index contributed by atoms with van der Waals surface area (Å²) in [4.78, 5) is 0. The fourth-order valence-electron chi connectivity index (χ4n) is 0.579. The zero-order chi connectivity index (χ0) is 9.61. The van der Waals surface area contributed by atoms with E-state index in [2.05, 4.69) is 6.58 Å². The van der Waals surface area contributed by atoms with Crippen LogP contribution in [0.2, 0.25) is 0 Å². The first-order chi connectivity index (χ1) is 5.45. The number of rotatable bonds is 6. The van der Waals surface area contributed by atoms with E-state index >= 15 is 0 Å². The van der Waals surface area contributed by atoms with Gasteiger partial charge in [-0.25, -0.2) is 0 Å². The fourth-order valence-corrected chi connectivity index (χ4v) is 1.16. The normalized spacial score (nSPS) is 13.1. The van der Waals surface area contributed by atoms with Gasteiger partial charge in [-0.3, -0.25) is 4.55 Å². The third-order valence-electron chi connectivity index (χ3n) is 0.949. The van der Waals surface area contributed by atoms with Crippen molar-refractivity contribution in [1.29, 1.82) is 0 Å². The largest absolute Gasteiger partial charge is 0.390 e. The van der Waals surface area contributed by atoms with Gasteiger partial charge in [0.15, 0.2) is 0 Å². The first-order valence-corrected chi connectivity index (χ1v) is 4.88. The Hall–Kier alpha value is 0.570. The van der Waals surface area contributed by atoms with Gasteiger partial charge < -0.3 is 9.84 Å². The smallest absolute Gasteiger partial charge is 0.267 e. The Bertz CT molecular complexity index is 225. The van der Waals surface area contributed by atoms with Gasteiger partial charge in [0, 0.05) is 29.6 Å². The van der Waals surface area contributed by atoms with Crippen LogP contribution in [0, 0.1) is 0 Å². The molecule has 1 atom stereocenters. The van der Waals surface area contributed by atoms with Crippen molar-refractivity contribution in [2.75, 3.05) is 19.0 Å². The van der Waals surface area contributed by atoms with Crippen molar-refractivity contribution >= 4 is 39.7 Å². The van der Waals surface area contributed by atoms with Crippen molar-refractivity contribution < 1.29 is 22.8 Å². The Labute approximate surface area is 99.8 Å². The number of hydrogen-bond acceptors (Lipinski definition) is 4. The molecule has 0 fully saturated rings. The van der Waals surface area contributed by atoms with Crippen LogP contribution in [0.5, 0.6) is 0 Å². The Balaban J connectivity index is 0. The molecule has 1 unspecified atom stereocenters. The minimum Gasteiger partial charge on any atom is -0.390 e. The van der Waals surface area contributed by atoms with E-state index in [-0.39, 0.29) is 42.8 Å². The van der Waals surface area contributed by atoms with Crippen molar-refractivity contribution in [1.82, 2.24) is 0 Å². The van der Waals surface area contributed by atoms with E-state index < -0.39 is 22.0 Å². The van der Waals surface area contributed by atoms with Crippen molar-refractivity contribution in [3.63, 3.8) is 0 Å². The molecule has 0 aromatic heterocycles. The van der Waals surface area contributed by atoms with E-state index in [0.717, 1.165) is 0 Å². The quantitative estimate of drug-likeness (QED) is 0.260. The molecule has 73 valence electrons. The Morgan fingerprint density at radius 3 is 2.46 bits per heavy atom. The summed E-state index contributed by atoms with van der Waals surface area (Å²) in [6, 6.07) is 0. The predicted octanol–water partition coefficient (Wildman–Crippen LogP) is -0.943. The van der Waals surface area contributed by atoms with E-state index in [4.69, 9.17) is 14.4 Å². The third-order valence-corrected chi connectivity index (χ3v) is 1.75. The summed E-state index contributed by atoms with van der Waals surface area (Å²) in [5.74, 6) is -0.704. The molecule has 0 aliphatic heterocycles. The molecule has 0 rings (SSSR count). The van der Waals surface area contributed by atoms with Crippen LogP contribution in [-0.2, 0) is 14.9 Å². The molecule has 0 aromatic carbocycles. The van der Waals surface area contributed by atoms with Gasteiger partial charge in [0.1, 0.15) is 5.75 Å². The maximum atomic E-state index is 10.2. The molecule has 0 saturated heterocycles. The molecule has 0 bridgehead atoms. The van der Waals surface area contributed by atoms with Crippen LogP contribution in [0.25, 0.3) is 0 Å². The summed E-state index contributed by atoms with van der Waals surface area (Å²) < 4.78 is 33.4. The molecule has 2 N–H and O–H groups in total. The Morgan fingerprint density at radius 1 is 1.54 bits per heavy atom. The van der Waals surface area contributed by atoms with Crippen LogP contribution < -0.4 is 0 Å². The molecule has 0 saturated carbocycles. The van der Waals surface area contributed by atoms with Gasteiger partial charge in [-0.2, -0.15) is 8.42 Å². The van der Waals surface area contributed by atoms with Crippen molar-refractivity contribution in [2.45, 2.75) is 6.10 Å². The average Bonchev–Trinajstić information content (AvgIpc) is 1.84. The van der Waals surface area contributed by atoms with E-state index in [9.17, 15) is 8.42 Å². The summed E-state index contributed by atoms with van der Waals surface area (Å²) in [7, 11) is -4.12. The van der Waals surface area contributed by atoms with Gasteiger partial charge in [0.25, 0.3) is 10.1 Å². The minimum atomic E-state index is -4.12. The number of hydrogen-bond donors (Lipinski definition) is 2. The van der Waals surface area contributed by atoms with Crippen LogP contribution in [0.1, 0.15) is 0 Å². The molecule has 0 aliphatic rings. The van der Waals surface area contributed by atoms with Gasteiger partial charge in [-0.15, -0.1) is 6.58 Å². The molecule has 0 amide bonds. The van der Waals surface area contributed by atoms with Gasteiger partial charge in [-0.1, -0.05) is 6.08 Å². The summed E-state index contributed by atoms with van der Waals surface area (Å²) >= 11 is 0. The van der Waals surface area contributed by atoms with Crippen molar-refractivity contribution in [3.8, 4) is 0 Å². The van der Waals surface area contributed by atoms with E-state index in [0.29, 0.717) is 0 Å². The second kappa shape index (κ2) is 7.93. The maximum Gasteiger partial charge on any atom is 0.267 e. The Morgan fingerprint density at radius 2 is 2.08 bits per heavy atom. The van der Waals surface area contributed by atoms with E-state index in [1.54, 1.807) is 0 Å². The molecule has 0 aliphatic carbocycles. The fraction of sp³-hybridized carbons (Fsp3) is 0.667. The van der Waals surface area contributed by atoms with Gasteiger partial charge >= 0.3 is 0 Å². The minimum absolute atomic E-state index is 0. The molecule has 7 heteroatoms. The second-order valence-electron chi connectivity index (χ2n) is 2.23. The van der Waals surface area contributed by atoms with E-state index in [1.165, 1.54) is 6.08 Å². The number of aliphatic hydroxyl groups excluding tert-OH is 1. The molecule has 0 spiro atoms. The predicted molar refractivity (Wildman–Crippen MR) is 49.2 cm³/mol. The summed E-state index contributed by atoms with van der Waals surface area (Å²) in [5, 5.41) is 8.91. The van der Waals surface area contributed by atoms with Gasteiger partial charge in [0.05, 0.1) is 19.3 Å². The molecule has 5 nitrogen and oxygen atoms in total. The van der Waals surface area contributed by atoms with Crippen molar-refractivity contribution in [3.05, 3.63) is 12.7 Å². The number of aliphatic hydroxyl groups is 1. The third kappa shape index (κ3) is 12.6. The van der Waals surface area contributed by atoms with E-state index in [1.807, 2.05) is 0 Å². The first-order valence-electron chi connectivity index (χ1n) is 3.27. The van der Waals surface area contributed by atoms with Crippen molar-refractivity contribution in [2.24, 2.45) is 0 Å². The SMILES string of the molecule is C=CCOCC(O)CS(=O)(=O)O.[Na]. The maximum absolute atomic E-state index is 10.2. The van der Waals surface area contributed by atoms with Gasteiger partial charge in [-0.05, 0) is 0 Å². The number of ether oxygens (including phenoxy) is 1. The molecule has 1 radical (unpaired) electrons. The summed E-state index contributed by atoms with van der Waals surface area (Å²) in [6.07, 6.45) is 0.278. The van der Waals surface area contributed by atoms with Crippen LogP contribution in [0.15, 0.2) is 12.7 Å². The van der Waals surface area contributed by atoms with Crippen LogP contribution in [0.3, 0.4) is 0 Å². The standard InChI is InChI=1S/C6H12O5S.Na/c1-2-3-11-4-6(7)5-12(8,9)10;/h2,6-7H,1,3-5H2,(H,8,9,10);. The van der Waals surface area contributed by atoms with Gasteiger partial charge in [0.2, 0.25) is 0 Å². The average molecular weight is 219 g/mol. The van der Waals surface area contributed by atoms with Crippen LogP contribution in [0.4, 0.5) is 0 Å². The molecule has 0 heterocycles. The monoisotopic (exact) mass is 219 g/mol. The Kier molecular flexibility index (Phi) is 9.77. The zero-order valence-corrected chi connectivity index (χ0v) is 10.3. The topological polar surface area (TPSA) is 83.8 Å². The summed E-state index contributed by atoms with van der Waals surface area (Å²) in [6.45, 7) is 3.46. The zero-order valence-electron chi connectivity index (χ0n) is 7.51. The molecule has 0 aromatic rings. The first kappa shape index (κ1) is 16.0. The second-order valence-corrected chi connectivity index (χ2v) is 3.73. The molecular formula is C6H12NaO5S. The van der Waals surface area contributed by atoms with Crippen LogP contribution in [-0.4, -0.2) is 72.7 Å². The molecular weight excluding hydrogens is 207 g/mol. The van der Waals surface area contributed by atoms with Crippen LogP contribution >= 0.6 is 0 Å². The summed E-state index contributed by atoms with van der Waals surface area (Å²) in [5.41, 5.74) is 0. The molecule has 13 heavy (non-hydrogen) atoms.